The van der Waals surface area contributed by atoms with Crippen LogP contribution in [0.3, 0.4) is 0 Å². The Hall–Kier alpha value is -1.63. The standard InChI is InChI=1S/C15H16N2S/c16-9-6-15(14-4-2-1-3-5-14)17-10-7-13-8-11-18-12-13/h1-5,8,11-12,15,17H,6-7,10H2. The molecule has 0 aliphatic rings. The van der Waals surface area contributed by atoms with Crippen LogP contribution >= 0.6 is 11.3 Å². The molecule has 0 radical (unpaired) electrons. The van der Waals surface area contributed by atoms with Crippen molar-refractivity contribution in [3.05, 3.63) is 58.3 Å². The first-order chi connectivity index (χ1) is 8.90. The lowest BCUT2D eigenvalue weighted by molar-refractivity contribution is 0.546. The van der Waals surface area contributed by atoms with E-state index in [1.807, 2.05) is 18.2 Å². The molecule has 1 N–H and O–H groups in total. The number of thiophene rings is 1. The third-order valence-corrected chi connectivity index (χ3v) is 3.61. The van der Waals surface area contributed by atoms with Gasteiger partial charge in [0.05, 0.1) is 12.5 Å². The maximum absolute atomic E-state index is 8.89. The summed E-state index contributed by atoms with van der Waals surface area (Å²) < 4.78 is 0. The van der Waals surface area contributed by atoms with Gasteiger partial charge in [-0.2, -0.15) is 16.6 Å². The third kappa shape index (κ3) is 3.69. The van der Waals surface area contributed by atoms with E-state index in [0.29, 0.717) is 6.42 Å². The predicted molar refractivity (Wildman–Crippen MR) is 75.4 cm³/mol. The Morgan fingerprint density at radius 1 is 1.22 bits per heavy atom. The minimum absolute atomic E-state index is 0.134. The molecule has 2 aromatic rings. The van der Waals surface area contributed by atoms with Crippen LogP contribution in [0.25, 0.3) is 0 Å². The van der Waals surface area contributed by atoms with Gasteiger partial charge in [0.25, 0.3) is 0 Å². The Morgan fingerprint density at radius 2 is 2.06 bits per heavy atom. The van der Waals surface area contributed by atoms with Crippen LogP contribution in [0.4, 0.5) is 0 Å². The first kappa shape index (κ1) is 12.8. The summed E-state index contributed by atoms with van der Waals surface area (Å²) in [6.45, 7) is 0.901. The second-order valence-corrected chi connectivity index (χ2v) is 4.94. The summed E-state index contributed by atoms with van der Waals surface area (Å²) in [7, 11) is 0. The molecule has 0 saturated heterocycles. The van der Waals surface area contributed by atoms with Crippen molar-refractivity contribution in [2.75, 3.05) is 6.54 Å². The van der Waals surface area contributed by atoms with Gasteiger partial charge in [-0.1, -0.05) is 30.3 Å². The van der Waals surface area contributed by atoms with Gasteiger partial charge in [0.2, 0.25) is 0 Å². The average molecular weight is 256 g/mol. The zero-order chi connectivity index (χ0) is 12.6. The Bertz CT molecular complexity index is 485. The smallest absolute Gasteiger partial charge is 0.0641 e. The second kappa shape index (κ2) is 6.95. The topological polar surface area (TPSA) is 35.8 Å². The Morgan fingerprint density at radius 3 is 2.72 bits per heavy atom. The summed E-state index contributed by atoms with van der Waals surface area (Å²) in [5.41, 5.74) is 2.54. The van der Waals surface area contributed by atoms with Gasteiger partial charge in [-0.05, 0) is 40.9 Å². The van der Waals surface area contributed by atoms with Crippen LogP contribution in [0.2, 0.25) is 0 Å². The highest BCUT2D eigenvalue weighted by atomic mass is 32.1. The van der Waals surface area contributed by atoms with Gasteiger partial charge in [-0.25, -0.2) is 0 Å². The average Bonchev–Trinajstić information content (AvgIpc) is 2.92. The Kier molecular flexibility index (Phi) is 4.95. The van der Waals surface area contributed by atoms with E-state index in [2.05, 4.69) is 40.3 Å². The summed E-state index contributed by atoms with van der Waals surface area (Å²) >= 11 is 1.72. The molecule has 2 nitrogen and oxygen atoms in total. The SMILES string of the molecule is N#CCC(NCCc1ccsc1)c1ccccc1. The van der Waals surface area contributed by atoms with Crippen molar-refractivity contribution >= 4 is 11.3 Å². The van der Waals surface area contributed by atoms with Gasteiger partial charge in [-0.15, -0.1) is 0 Å². The molecule has 1 atom stereocenters. The van der Waals surface area contributed by atoms with E-state index in [1.165, 1.54) is 11.1 Å². The van der Waals surface area contributed by atoms with Crippen molar-refractivity contribution in [1.82, 2.24) is 5.32 Å². The first-order valence-corrected chi connectivity index (χ1v) is 7.01. The molecular formula is C15H16N2S. The molecule has 1 heterocycles. The molecule has 1 unspecified atom stereocenters. The summed E-state index contributed by atoms with van der Waals surface area (Å²) in [4.78, 5) is 0. The number of hydrogen-bond donors (Lipinski definition) is 1. The van der Waals surface area contributed by atoms with Crippen molar-refractivity contribution in [2.45, 2.75) is 18.9 Å². The molecule has 0 aliphatic heterocycles. The fourth-order valence-corrected chi connectivity index (χ4v) is 2.61. The molecule has 0 spiro atoms. The zero-order valence-corrected chi connectivity index (χ0v) is 11.0. The number of benzene rings is 1. The van der Waals surface area contributed by atoms with E-state index in [-0.39, 0.29) is 6.04 Å². The Labute approximate surface area is 112 Å². The quantitative estimate of drug-likeness (QED) is 0.858. The van der Waals surface area contributed by atoms with Crippen LogP contribution < -0.4 is 5.32 Å². The van der Waals surface area contributed by atoms with E-state index < -0.39 is 0 Å². The molecule has 1 aromatic heterocycles. The zero-order valence-electron chi connectivity index (χ0n) is 10.2. The molecular weight excluding hydrogens is 240 g/mol. The van der Waals surface area contributed by atoms with E-state index >= 15 is 0 Å². The van der Waals surface area contributed by atoms with Gasteiger partial charge < -0.3 is 5.32 Å². The van der Waals surface area contributed by atoms with Crippen molar-refractivity contribution in [1.29, 1.82) is 5.26 Å². The van der Waals surface area contributed by atoms with E-state index in [1.54, 1.807) is 11.3 Å². The van der Waals surface area contributed by atoms with Crippen LogP contribution in [0.15, 0.2) is 47.2 Å². The molecule has 18 heavy (non-hydrogen) atoms. The fourth-order valence-electron chi connectivity index (χ4n) is 1.91. The highest BCUT2D eigenvalue weighted by Crippen LogP contribution is 2.16. The third-order valence-electron chi connectivity index (χ3n) is 2.88. The number of nitrogens with zero attached hydrogens (tertiary/aromatic N) is 1. The maximum Gasteiger partial charge on any atom is 0.0641 e. The van der Waals surface area contributed by atoms with Crippen LogP contribution in [-0.4, -0.2) is 6.54 Å². The van der Waals surface area contributed by atoms with Crippen LogP contribution in [0.1, 0.15) is 23.6 Å². The van der Waals surface area contributed by atoms with Crippen molar-refractivity contribution in [3.8, 4) is 6.07 Å². The molecule has 1 aromatic carbocycles. The van der Waals surface area contributed by atoms with Crippen molar-refractivity contribution in [2.24, 2.45) is 0 Å². The lowest BCUT2D eigenvalue weighted by atomic mass is 10.0. The molecule has 0 saturated carbocycles. The predicted octanol–water partition coefficient (Wildman–Crippen LogP) is 3.54. The van der Waals surface area contributed by atoms with Gasteiger partial charge >= 0.3 is 0 Å². The molecule has 0 fully saturated rings. The van der Waals surface area contributed by atoms with Crippen LogP contribution in [0, 0.1) is 11.3 Å². The minimum atomic E-state index is 0.134. The Balaban J connectivity index is 1.89. The van der Waals surface area contributed by atoms with Gasteiger partial charge in [-0.3, -0.25) is 0 Å². The molecule has 0 aliphatic carbocycles. The van der Waals surface area contributed by atoms with Crippen molar-refractivity contribution in [3.63, 3.8) is 0 Å². The number of nitrogens with one attached hydrogen (secondary N) is 1. The van der Waals surface area contributed by atoms with Crippen LogP contribution in [-0.2, 0) is 6.42 Å². The molecule has 3 heteroatoms. The normalized spacial score (nSPS) is 11.9. The first-order valence-electron chi connectivity index (χ1n) is 6.06. The van der Waals surface area contributed by atoms with E-state index in [4.69, 9.17) is 5.26 Å². The number of hydrogen-bond acceptors (Lipinski definition) is 3. The molecule has 0 amide bonds. The number of nitriles is 1. The molecule has 0 bridgehead atoms. The summed E-state index contributed by atoms with van der Waals surface area (Å²) in [6, 6.07) is 14.7. The number of rotatable bonds is 6. The lowest BCUT2D eigenvalue weighted by Gasteiger charge is -2.16. The van der Waals surface area contributed by atoms with Crippen molar-refractivity contribution < 1.29 is 0 Å². The van der Waals surface area contributed by atoms with Gasteiger partial charge in [0, 0.05) is 6.04 Å². The second-order valence-electron chi connectivity index (χ2n) is 4.16. The van der Waals surface area contributed by atoms with Gasteiger partial charge in [0.15, 0.2) is 0 Å². The molecule has 2 rings (SSSR count). The summed E-state index contributed by atoms with van der Waals surface area (Å²) in [5.74, 6) is 0. The lowest BCUT2D eigenvalue weighted by Crippen LogP contribution is -2.23. The largest absolute Gasteiger partial charge is 0.309 e. The minimum Gasteiger partial charge on any atom is -0.309 e. The monoisotopic (exact) mass is 256 g/mol. The molecule has 92 valence electrons. The fraction of sp³-hybridized carbons (Fsp3) is 0.267. The summed E-state index contributed by atoms with van der Waals surface area (Å²) in [5, 5.41) is 16.6. The van der Waals surface area contributed by atoms with Gasteiger partial charge in [0.1, 0.15) is 0 Å². The summed E-state index contributed by atoms with van der Waals surface area (Å²) in [6.07, 6.45) is 1.52. The maximum atomic E-state index is 8.89. The van der Waals surface area contributed by atoms with E-state index in [9.17, 15) is 0 Å². The highest BCUT2D eigenvalue weighted by Gasteiger charge is 2.09. The van der Waals surface area contributed by atoms with Crippen LogP contribution in [0.5, 0.6) is 0 Å². The van der Waals surface area contributed by atoms with E-state index in [0.717, 1.165) is 13.0 Å². The highest BCUT2D eigenvalue weighted by molar-refractivity contribution is 7.07.